The van der Waals surface area contributed by atoms with E-state index >= 15 is 0 Å². The van der Waals surface area contributed by atoms with E-state index in [1.54, 1.807) is 0 Å². The van der Waals surface area contributed by atoms with Crippen molar-refractivity contribution in [3.05, 3.63) is 23.3 Å². The van der Waals surface area contributed by atoms with E-state index in [1.165, 1.54) is 11.1 Å². The monoisotopic (exact) mass is 506 g/mol. The first-order valence-electron chi connectivity index (χ1n) is 14.4. The highest BCUT2D eigenvalue weighted by Crippen LogP contribution is 2.37. The minimum atomic E-state index is -0.465. The van der Waals surface area contributed by atoms with E-state index in [0.717, 1.165) is 83.8 Å². The number of hydrogen-bond donors (Lipinski definition) is 0. The molecule has 5 atom stereocenters. The van der Waals surface area contributed by atoms with Crippen molar-refractivity contribution in [1.29, 1.82) is 0 Å². The Balaban J connectivity index is 1.65. The van der Waals surface area contributed by atoms with E-state index in [1.807, 2.05) is 19.9 Å². The predicted molar refractivity (Wildman–Crippen MR) is 142 cm³/mol. The van der Waals surface area contributed by atoms with Crippen molar-refractivity contribution in [3.63, 3.8) is 0 Å². The first-order chi connectivity index (χ1) is 17.4. The summed E-state index contributed by atoms with van der Waals surface area (Å²) in [5.41, 5.74) is 1.97. The molecule has 0 amide bonds. The topological polar surface area (TPSA) is 63.2 Å². The molecule has 0 aliphatic carbocycles. The summed E-state index contributed by atoms with van der Waals surface area (Å²) in [5.74, 6) is 0.365. The lowest BCUT2D eigenvalue weighted by Crippen LogP contribution is -2.46. The fourth-order valence-corrected chi connectivity index (χ4v) is 5.33. The van der Waals surface area contributed by atoms with E-state index in [9.17, 15) is 4.79 Å². The number of carbonyl (C=O) groups is 1. The van der Waals surface area contributed by atoms with Gasteiger partial charge in [-0.3, -0.25) is 4.79 Å². The SMILES string of the molecule is CC(C)=CCC(=O)C(C)CCC[C@]1(C)OCCCC(=CCOC2CCCCO2)[C@H]1OC1CCCCO1. The second kappa shape index (κ2) is 15.4. The zero-order valence-electron chi connectivity index (χ0n) is 23.2. The summed E-state index contributed by atoms with van der Waals surface area (Å²) in [6.07, 6.45) is 15.2. The van der Waals surface area contributed by atoms with Crippen molar-refractivity contribution >= 4 is 5.78 Å². The zero-order valence-corrected chi connectivity index (χ0v) is 23.2. The van der Waals surface area contributed by atoms with Crippen LogP contribution in [0.2, 0.25) is 0 Å². The molecule has 3 aliphatic heterocycles. The van der Waals surface area contributed by atoms with E-state index in [2.05, 4.69) is 19.9 Å². The summed E-state index contributed by atoms with van der Waals surface area (Å²) in [6, 6.07) is 0. The number of hydrogen-bond acceptors (Lipinski definition) is 6. The second-order valence-electron chi connectivity index (χ2n) is 11.2. The lowest BCUT2D eigenvalue weighted by atomic mass is 9.85. The highest BCUT2D eigenvalue weighted by Gasteiger charge is 2.41. The highest BCUT2D eigenvalue weighted by molar-refractivity contribution is 5.82. The maximum absolute atomic E-state index is 12.5. The van der Waals surface area contributed by atoms with Crippen molar-refractivity contribution in [2.75, 3.05) is 26.4 Å². The van der Waals surface area contributed by atoms with Gasteiger partial charge in [-0.05, 0) is 97.0 Å². The van der Waals surface area contributed by atoms with Crippen LogP contribution in [0.4, 0.5) is 0 Å². The van der Waals surface area contributed by atoms with Crippen molar-refractivity contribution in [3.8, 4) is 0 Å². The molecule has 0 N–H and O–H groups in total. The average Bonchev–Trinajstić information content (AvgIpc) is 3.02. The third-order valence-electron chi connectivity index (χ3n) is 7.70. The molecule has 3 aliphatic rings. The zero-order chi connectivity index (χ0) is 25.8. The molecule has 0 spiro atoms. The van der Waals surface area contributed by atoms with Gasteiger partial charge in [-0.15, -0.1) is 0 Å². The summed E-state index contributed by atoms with van der Waals surface area (Å²) in [6.45, 7) is 11.1. The summed E-state index contributed by atoms with van der Waals surface area (Å²) in [5, 5.41) is 0. The van der Waals surface area contributed by atoms with Crippen LogP contribution in [0.25, 0.3) is 0 Å². The Labute approximate surface area is 219 Å². The number of ketones is 1. The molecule has 206 valence electrons. The van der Waals surface area contributed by atoms with Crippen LogP contribution in [0.3, 0.4) is 0 Å². The van der Waals surface area contributed by atoms with Crippen molar-refractivity contribution in [2.24, 2.45) is 5.92 Å². The smallest absolute Gasteiger partial charge is 0.158 e. The van der Waals surface area contributed by atoms with Crippen LogP contribution in [-0.2, 0) is 28.5 Å². The van der Waals surface area contributed by atoms with E-state index in [-0.39, 0.29) is 24.6 Å². The number of rotatable bonds is 12. The van der Waals surface area contributed by atoms with Gasteiger partial charge in [-0.25, -0.2) is 0 Å². The predicted octanol–water partition coefficient (Wildman–Crippen LogP) is 6.67. The first-order valence-corrected chi connectivity index (χ1v) is 14.4. The van der Waals surface area contributed by atoms with Crippen LogP contribution >= 0.6 is 0 Å². The summed E-state index contributed by atoms with van der Waals surface area (Å²) < 4.78 is 31.0. The van der Waals surface area contributed by atoms with E-state index in [4.69, 9.17) is 23.7 Å². The Morgan fingerprint density at radius 2 is 1.78 bits per heavy atom. The van der Waals surface area contributed by atoms with Crippen LogP contribution in [0, 0.1) is 5.92 Å². The quantitative estimate of drug-likeness (QED) is 0.276. The van der Waals surface area contributed by atoms with Gasteiger partial charge in [0.15, 0.2) is 12.6 Å². The largest absolute Gasteiger partial charge is 0.372 e. The molecule has 0 aromatic carbocycles. The van der Waals surface area contributed by atoms with Gasteiger partial charge >= 0.3 is 0 Å². The van der Waals surface area contributed by atoms with Gasteiger partial charge in [0.1, 0.15) is 11.9 Å². The average molecular weight is 507 g/mol. The molecular formula is C30H50O6. The maximum Gasteiger partial charge on any atom is 0.158 e. The molecule has 0 bridgehead atoms. The molecule has 3 rings (SSSR count). The summed E-state index contributed by atoms with van der Waals surface area (Å²) in [4.78, 5) is 12.5. The molecule has 0 aromatic heterocycles. The number of carbonyl (C=O) groups excluding carboxylic acids is 1. The van der Waals surface area contributed by atoms with Gasteiger partial charge in [0.05, 0.1) is 12.2 Å². The number of ether oxygens (including phenoxy) is 5. The van der Waals surface area contributed by atoms with Crippen molar-refractivity contribution < 1.29 is 28.5 Å². The van der Waals surface area contributed by atoms with Gasteiger partial charge in [-0.1, -0.05) is 24.6 Å². The minimum Gasteiger partial charge on any atom is -0.372 e. The lowest BCUT2D eigenvalue weighted by Gasteiger charge is -2.40. The molecule has 3 unspecified atom stereocenters. The Hall–Kier alpha value is -1.05. The molecule has 6 heteroatoms. The van der Waals surface area contributed by atoms with Gasteiger partial charge in [0.2, 0.25) is 0 Å². The first kappa shape index (κ1) is 29.5. The lowest BCUT2D eigenvalue weighted by molar-refractivity contribution is -0.223. The van der Waals surface area contributed by atoms with Gasteiger partial charge in [-0.2, -0.15) is 0 Å². The molecule has 3 fully saturated rings. The Bertz CT molecular complexity index is 715. The van der Waals surface area contributed by atoms with E-state index in [0.29, 0.717) is 25.4 Å². The fourth-order valence-electron chi connectivity index (χ4n) is 5.33. The van der Waals surface area contributed by atoms with Gasteiger partial charge in [0, 0.05) is 32.2 Å². The van der Waals surface area contributed by atoms with Gasteiger partial charge < -0.3 is 23.7 Å². The molecule has 0 saturated carbocycles. The Morgan fingerprint density at radius 3 is 2.44 bits per heavy atom. The molecule has 36 heavy (non-hydrogen) atoms. The van der Waals surface area contributed by atoms with Crippen molar-refractivity contribution in [1.82, 2.24) is 0 Å². The Morgan fingerprint density at radius 1 is 1.06 bits per heavy atom. The third-order valence-corrected chi connectivity index (χ3v) is 7.70. The normalized spacial score (nSPS) is 31.6. The summed E-state index contributed by atoms with van der Waals surface area (Å²) in [7, 11) is 0. The van der Waals surface area contributed by atoms with Crippen LogP contribution in [0.1, 0.15) is 105 Å². The number of allylic oxidation sites excluding steroid dienone is 2. The van der Waals surface area contributed by atoms with Crippen molar-refractivity contribution in [2.45, 2.75) is 129 Å². The molecule has 0 aromatic rings. The van der Waals surface area contributed by atoms with Crippen LogP contribution in [0.5, 0.6) is 0 Å². The Kier molecular flexibility index (Phi) is 12.6. The molecule has 3 heterocycles. The molecule has 3 saturated heterocycles. The molecular weight excluding hydrogens is 456 g/mol. The maximum atomic E-state index is 12.5. The standard InChI is InChI=1S/C30H50O6/c1-23(2)15-16-26(31)24(3)11-9-18-30(4)29(36-28-14-6-8-20-33-28)25(12-10-21-35-30)17-22-34-27-13-5-7-19-32-27/h15,17,24,27-29H,5-14,16,18-22H2,1-4H3/t24?,27?,28?,29-,30+/m1/s1. The van der Waals surface area contributed by atoms with Crippen LogP contribution in [-0.4, -0.2) is 56.5 Å². The minimum absolute atomic E-state index is 0.0509. The number of Topliss-reactive ketones (excluding diaryl/α,β-unsaturated/α-hetero) is 1. The molecule has 0 radical (unpaired) electrons. The van der Waals surface area contributed by atoms with Crippen LogP contribution < -0.4 is 0 Å². The summed E-state index contributed by atoms with van der Waals surface area (Å²) >= 11 is 0. The second-order valence-corrected chi connectivity index (χ2v) is 11.2. The molecule has 6 nitrogen and oxygen atoms in total. The van der Waals surface area contributed by atoms with Crippen LogP contribution in [0.15, 0.2) is 23.3 Å². The third kappa shape index (κ3) is 9.68. The van der Waals surface area contributed by atoms with Gasteiger partial charge in [0.25, 0.3) is 0 Å². The highest BCUT2D eigenvalue weighted by atomic mass is 16.7. The van der Waals surface area contributed by atoms with E-state index < -0.39 is 5.60 Å². The fraction of sp³-hybridized carbons (Fsp3) is 0.833.